The second kappa shape index (κ2) is 7.59. The van der Waals surface area contributed by atoms with E-state index in [1.807, 2.05) is 30.0 Å². The number of hydrogen-bond acceptors (Lipinski definition) is 3. The van der Waals surface area contributed by atoms with Gasteiger partial charge in [0.1, 0.15) is 11.9 Å². The van der Waals surface area contributed by atoms with Crippen molar-refractivity contribution in [1.29, 1.82) is 0 Å². The first-order chi connectivity index (χ1) is 13.1. The molecule has 27 heavy (non-hydrogen) atoms. The van der Waals surface area contributed by atoms with Crippen molar-refractivity contribution in [2.24, 2.45) is 5.92 Å². The number of halogens is 1. The van der Waals surface area contributed by atoms with E-state index >= 15 is 0 Å². The van der Waals surface area contributed by atoms with Crippen LogP contribution in [-0.2, 0) is 6.42 Å². The molecule has 5 heteroatoms. The average molecular weight is 369 g/mol. The minimum absolute atomic E-state index is 0.0490. The lowest BCUT2D eigenvalue weighted by molar-refractivity contribution is 0.0631. The monoisotopic (exact) mass is 369 g/mol. The van der Waals surface area contributed by atoms with Gasteiger partial charge in [-0.1, -0.05) is 12.1 Å². The Morgan fingerprint density at radius 1 is 1.30 bits per heavy atom. The second-order valence-corrected chi connectivity index (χ2v) is 7.46. The van der Waals surface area contributed by atoms with E-state index in [0.29, 0.717) is 18.7 Å². The zero-order valence-corrected chi connectivity index (χ0v) is 15.5. The summed E-state index contributed by atoms with van der Waals surface area (Å²) >= 11 is 0. The molecular formula is C22H24FNO3. The van der Waals surface area contributed by atoms with Gasteiger partial charge in [-0.15, -0.1) is 0 Å². The minimum atomic E-state index is -0.351. The molecule has 2 atom stereocenters. The van der Waals surface area contributed by atoms with Gasteiger partial charge in [-0.2, -0.15) is 0 Å². The fraction of sp³-hybridized carbons (Fsp3) is 0.409. The molecule has 0 N–H and O–H groups in total. The summed E-state index contributed by atoms with van der Waals surface area (Å²) in [4.78, 5) is 14.8. The van der Waals surface area contributed by atoms with Crippen molar-refractivity contribution in [2.45, 2.75) is 32.3 Å². The molecule has 2 aromatic carbocycles. The van der Waals surface area contributed by atoms with E-state index in [1.165, 1.54) is 6.07 Å². The summed E-state index contributed by atoms with van der Waals surface area (Å²) in [6.07, 6.45) is 2.92. The normalized spacial score (nSPS) is 21.5. The van der Waals surface area contributed by atoms with Crippen LogP contribution < -0.4 is 9.47 Å². The van der Waals surface area contributed by atoms with Gasteiger partial charge in [-0.05, 0) is 55.7 Å². The Hall–Kier alpha value is -2.56. The zero-order valence-electron chi connectivity index (χ0n) is 15.5. The first-order valence-corrected chi connectivity index (χ1v) is 9.56. The molecule has 2 aliphatic heterocycles. The predicted octanol–water partition coefficient (Wildman–Crippen LogP) is 4.08. The quantitative estimate of drug-likeness (QED) is 0.815. The van der Waals surface area contributed by atoms with E-state index in [0.717, 1.165) is 37.1 Å². The summed E-state index contributed by atoms with van der Waals surface area (Å²) in [6, 6.07) is 12.1. The van der Waals surface area contributed by atoms with Crippen LogP contribution in [0.5, 0.6) is 11.5 Å². The Balaban J connectivity index is 1.39. The molecule has 0 unspecified atom stereocenters. The predicted molar refractivity (Wildman–Crippen MR) is 101 cm³/mol. The molecule has 2 aliphatic rings. The van der Waals surface area contributed by atoms with E-state index in [-0.39, 0.29) is 29.5 Å². The highest BCUT2D eigenvalue weighted by Gasteiger charge is 2.27. The smallest absolute Gasteiger partial charge is 0.253 e. The van der Waals surface area contributed by atoms with Crippen molar-refractivity contribution in [2.75, 3.05) is 19.7 Å². The van der Waals surface area contributed by atoms with Gasteiger partial charge in [0.25, 0.3) is 5.91 Å². The van der Waals surface area contributed by atoms with E-state index in [4.69, 9.17) is 9.47 Å². The van der Waals surface area contributed by atoms with Crippen molar-refractivity contribution in [1.82, 2.24) is 4.90 Å². The second-order valence-electron chi connectivity index (χ2n) is 7.46. The Bertz CT molecular complexity index is 838. The maximum atomic E-state index is 13.7. The van der Waals surface area contributed by atoms with Crippen LogP contribution in [0.25, 0.3) is 0 Å². The third-order valence-corrected chi connectivity index (χ3v) is 5.26. The highest BCUT2D eigenvalue weighted by Crippen LogP contribution is 2.30. The molecule has 4 nitrogen and oxygen atoms in total. The van der Waals surface area contributed by atoms with Gasteiger partial charge in [0, 0.05) is 31.0 Å². The maximum Gasteiger partial charge on any atom is 0.253 e. The molecule has 1 fully saturated rings. The number of benzene rings is 2. The topological polar surface area (TPSA) is 38.8 Å². The molecule has 0 bridgehead atoms. The third-order valence-electron chi connectivity index (χ3n) is 5.26. The van der Waals surface area contributed by atoms with Crippen LogP contribution in [-0.4, -0.2) is 36.6 Å². The molecule has 1 amide bonds. The Morgan fingerprint density at radius 2 is 2.15 bits per heavy atom. The molecule has 142 valence electrons. The number of amides is 1. The third kappa shape index (κ3) is 3.92. The van der Waals surface area contributed by atoms with Crippen LogP contribution in [0.2, 0.25) is 0 Å². The number of likely N-dealkylation sites (tertiary alicyclic amines) is 1. The lowest BCUT2D eigenvalue weighted by Gasteiger charge is -2.32. The number of carbonyl (C=O) groups is 1. The molecule has 0 aromatic heterocycles. The summed E-state index contributed by atoms with van der Waals surface area (Å²) in [5, 5.41) is 0. The number of rotatable bonds is 4. The van der Waals surface area contributed by atoms with Gasteiger partial charge in [0.05, 0.1) is 6.61 Å². The Labute approximate surface area is 158 Å². The Kier molecular flexibility index (Phi) is 5.01. The van der Waals surface area contributed by atoms with E-state index in [9.17, 15) is 9.18 Å². The van der Waals surface area contributed by atoms with Crippen LogP contribution in [0.3, 0.4) is 0 Å². The summed E-state index contributed by atoms with van der Waals surface area (Å²) < 4.78 is 25.1. The number of para-hydroxylation sites is 1. The highest BCUT2D eigenvalue weighted by atomic mass is 19.1. The van der Waals surface area contributed by atoms with Crippen molar-refractivity contribution in [3.63, 3.8) is 0 Å². The lowest BCUT2D eigenvalue weighted by Crippen LogP contribution is -2.41. The fourth-order valence-corrected chi connectivity index (χ4v) is 3.89. The van der Waals surface area contributed by atoms with Gasteiger partial charge in [0.15, 0.2) is 11.6 Å². The molecule has 4 rings (SSSR count). The lowest BCUT2D eigenvalue weighted by atomic mass is 9.97. The SMILES string of the molecule is C[C@H]1Cc2cc(C(=O)N3CCC[C@@H](COc4ccccc4F)C3)ccc2O1. The number of hydrogen-bond donors (Lipinski definition) is 0. The molecule has 0 saturated carbocycles. The maximum absolute atomic E-state index is 13.7. The molecule has 0 radical (unpaired) electrons. The first kappa shape index (κ1) is 17.8. The van der Waals surface area contributed by atoms with Crippen LogP contribution in [0.1, 0.15) is 35.7 Å². The zero-order chi connectivity index (χ0) is 18.8. The largest absolute Gasteiger partial charge is 0.490 e. The van der Waals surface area contributed by atoms with Crippen LogP contribution in [0.4, 0.5) is 4.39 Å². The van der Waals surface area contributed by atoms with Gasteiger partial charge in [0.2, 0.25) is 0 Å². The van der Waals surface area contributed by atoms with Crippen molar-refractivity contribution >= 4 is 5.91 Å². The number of nitrogens with zero attached hydrogens (tertiary/aromatic N) is 1. The molecule has 0 spiro atoms. The van der Waals surface area contributed by atoms with E-state index in [2.05, 4.69) is 0 Å². The molecule has 2 heterocycles. The van der Waals surface area contributed by atoms with E-state index in [1.54, 1.807) is 18.2 Å². The average Bonchev–Trinajstić information content (AvgIpc) is 3.06. The van der Waals surface area contributed by atoms with Crippen LogP contribution in [0.15, 0.2) is 42.5 Å². The molecular weight excluding hydrogens is 345 g/mol. The van der Waals surface area contributed by atoms with Crippen molar-refractivity contribution in [3.05, 3.63) is 59.4 Å². The summed E-state index contributed by atoms with van der Waals surface area (Å²) in [6.45, 7) is 3.84. The van der Waals surface area contributed by atoms with Crippen molar-refractivity contribution in [3.8, 4) is 11.5 Å². The molecule has 1 saturated heterocycles. The number of carbonyl (C=O) groups excluding carboxylic acids is 1. The van der Waals surface area contributed by atoms with Crippen molar-refractivity contribution < 1.29 is 18.7 Å². The van der Waals surface area contributed by atoms with Gasteiger partial charge >= 0.3 is 0 Å². The molecule has 0 aliphatic carbocycles. The van der Waals surface area contributed by atoms with Gasteiger partial charge < -0.3 is 14.4 Å². The fourth-order valence-electron chi connectivity index (χ4n) is 3.89. The Morgan fingerprint density at radius 3 is 3.00 bits per heavy atom. The summed E-state index contributed by atoms with van der Waals surface area (Å²) in [7, 11) is 0. The van der Waals surface area contributed by atoms with Crippen LogP contribution in [0, 0.1) is 11.7 Å². The van der Waals surface area contributed by atoms with E-state index < -0.39 is 0 Å². The van der Waals surface area contributed by atoms with Crippen LogP contribution >= 0.6 is 0 Å². The van der Waals surface area contributed by atoms with Gasteiger partial charge in [-0.3, -0.25) is 4.79 Å². The van der Waals surface area contributed by atoms with Gasteiger partial charge in [-0.25, -0.2) is 4.39 Å². The standard InChI is InChI=1S/C22H24FNO3/c1-15-11-18-12-17(8-9-20(18)27-15)22(25)24-10-4-5-16(13-24)14-26-21-7-3-2-6-19(21)23/h2-3,6-9,12,15-16H,4-5,10-11,13-14H2,1H3/t15-,16+/m0/s1. The number of piperidine rings is 1. The highest BCUT2D eigenvalue weighted by molar-refractivity contribution is 5.94. The summed E-state index contributed by atoms with van der Waals surface area (Å²) in [5.41, 5.74) is 1.81. The first-order valence-electron chi connectivity index (χ1n) is 9.56. The number of fused-ring (bicyclic) bond motifs is 1. The summed E-state index contributed by atoms with van der Waals surface area (Å²) in [5.74, 6) is 1.06. The number of ether oxygens (including phenoxy) is 2. The minimum Gasteiger partial charge on any atom is -0.490 e. The molecule has 2 aromatic rings.